The Morgan fingerprint density at radius 2 is 1.12 bits per heavy atom. The maximum atomic E-state index is 9.99. The van der Waals surface area contributed by atoms with Crippen molar-refractivity contribution in [1.29, 1.82) is 0 Å². The number of hydrogen-bond acceptors (Lipinski definition) is 6. The first-order chi connectivity index (χ1) is 11.7. The van der Waals surface area contributed by atoms with E-state index in [-0.39, 0.29) is 36.2 Å². The van der Waals surface area contributed by atoms with Gasteiger partial charge in [0.05, 0.1) is 12.2 Å². The third-order valence-electron chi connectivity index (χ3n) is 4.48. The van der Waals surface area contributed by atoms with Crippen molar-refractivity contribution in [1.82, 2.24) is 10.6 Å². The number of ether oxygens (including phenoxy) is 2. The van der Waals surface area contributed by atoms with Gasteiger partial charge in [-0.25, -0.2) is 0 Å². The van der Waals surface area contributed by atoms with E-state index in [1.165, 1.54) is 0 Å². The second kappa shape index (κ2) is 6.41. The van der Waals surface area contributed by atoms with E-state index >= 15 is 0 Å². The van der Waals surface area contributed by atoms with Crippen LogP contribution in [-0.4, -0.2) is 35.5 Å². The van der Waals surface area contributed by atoms with E-state index in [1.807, 2.05) is 24.3 Å². The molecule has 4 N–H and O–H groups in total. The summed E-state index contributed by atoms with van der Waals surface area (Å²) in [6.45, 7) is 1.21. The summed E-state index contributed by atoms with van der Waals surface area (Å²) < 4.78 is 12.1. The Morgan fingerprint density at radius 3 is 1.54 bits per heavy atom. The second-order valence-corrected chi connectivity index (χ2v) is 6.04. The highest BCUT2D eigenvalue weighted by Crippen LogP contribution is 2.34. The van der Waals surface area contributed by atoms with Crippen LogP contribution in [0.2, 0.25) is 0 Å². The quantitative estimate of drug-likeness (QED) is 0.673. The highest BCUT2D eigenvalue weighted by molar-refractivity contribution is 5.35. The largest absolute Gasteiger partial charge is 0.508 e. The summed E-state index contributed by atoms with van der Waals surface area (Å²) >= 11 is 0. The molecule has 0 bridgehead atoms. The number of benzene rings is 2. The van der Waals surface area contributed by atoms with Crippen LogP contribution in [0.15, 0.2) is 48.5 Å². The summed E-state index contributed by atoms with van der Waals surface area (Å²) in [5.41, 5.74) is 1.44. The molecule has 0 aromatic heterocycles. The third kappa shape index (κ3) is 2.85. The summed E-state index contributed by atoms with van der Waals surface area (Å²) in [4.78, 5) is 0. The van der Waals surface area contributed by atoms with Crippen molar-refractivity contribution in [3.63, 3.8) is 0 Å². The van der Waals surface area contributed by atoms with Crippen LogP contribution in [0.5, 0.6) is 11.5 Å². The van der Waals surface area contributed by atoms with Gasteiger partial charge < -0.3 is 19.7 Å². The zero-order chi connectivity index (χ0) is 16.5. The van der Waals surface area contributed by atoms with Gasteiger partial charge >= 0.3 is 0 Å². The summed E-state index contributed by atoms with van der Waals surface area (Å²) in [6.07, 6.45) is -0.977. The Bertz CT molecular complexity index is 662. The molecule has 0 spiro atoms. The number of rotatable bonds is 2. The molecule has 2 aromatic carbocycles. The van der Waals surface area contributed by atoms with E-state index in [0.29, 0.717) is 13.1 Å². The van der Waals surface area contributed by atoms with Gasteiger partial charge in [-0.3, -0.25) is 10.6 Å². The van der Waals surface area contributed by atoms with E-state index in [9.17, 15) is 10.2 Å². The normalized spacial score (nSPS) is 29.8. The first-order valence-electron chi connectivity index (χ1n) is 8.06. The molecule has 6 nitrogen and oxygen atoms in total. The summed E-state index contributed by atoms with van der Waals surface area (Å²) in [5.74, 6) is 0.426. The lowest BCUT2D eigenvalue weighted by molar-refractivity contribution is -0.194. The van der Waals surface area contributed by atoms with Gasteiger partial charge in [0.15, 0.2) is 0 Å². The number of nitrogens with one attached hydrogen (secondary N) is 2. The summed E-state index contributed by atoms with van der Waals surface area (Å²) in [5, 5.41) is 26.5. The zero-order valence-electron chi connectivity index (χ0n) is 13.1. The molecule has 2 heterocycles. The maximum Gasteiger partial charge on any atom is 0.138 e. The fourth-order valence-electron chi connectivity index (χ4n) is 3.21. The molecular formula is C18H20N2O4. The van der Waals surface area contributed by atoms with Gasteiger partial charge in [-0.05, 0) is 12.1 Å². The van der Waals surface area contributed by atoms with Crippen LogP contribution in [0.1, 0.15) is 23.6 Å². The predicted octanol–water partition coefficient (Wildman–Crippen LogP) is 1.77. The predicted molar refractivity (Wildman–Crippen MR) is 87.4 cm³/mol. The lowest BCUT2D eigenvalue weighted by Gasteiger charge is -2.43. The van der Waals surface area contributed by atoms with Gasteiger partial charge in [-0.2, -0.15) is 0 Å². The fraction of sp³-hybridized carbons (Fsp3) is 0.333. The average molecular weight is 328 g/mol. The summed E-state index contributed by atoms with van der Waals surface area (Å²) in [6, 6.07) is 14.3. The molecule has 2 fully saturated rings. The monoisotopic (exact) mass is 328 g/mol. The second-order valence-electron chi connectivity index (χ2n) is 6.04. The first-order valence-corrected chi connectivity index (χ1v) is 8.06. The standard InChI is InChI=1S/C18H20N2O4/c21-13-7-3-1-5-11(13)17-19-9-16-15(23-17)10-20-18(24-16)12-6-2-4-8-14(12)22/h1-8,15-22H,9-10H2/t15-,16-,17+,18+/m0/s1. The molecular weight excluding hydrogens is 308 g/mol. The average Bonchev–Trinajstić information content (AvgIpc) is 2.62. The van der Waals surface area contributed by atoms with E-state index < -0.39 is 0 Å². The van der Waals surface area contributed by atoms with Crippen LogP contribution in [0.25, 0.3) is 0 Å². The van der Waals surface area contributed by atoms with Crippen LogP contribution >= 0.6 is 0 Å². The molecule has 0 aliphatic carbocycles. The Hall–Kier alpha value is -2.12. The Kier molecular flexibility index (Phi) is 4.12. The van der Waals surface area contributed by atoms with Crippen molar-refractivity contribution in [3.05, 3.63) is 59.7 Å². The van der Waals surface area contributed by atoms with Crippen molar-refractivity contribution in [2.45, 2.75) is 24.7 Å². The third-order valence-corrected chi connectivity index (χ3v) is 4.48. The van der Waals surface area contributed by atoms with Gasteiger partial charge in [0.1, 0.15) is 24.0 Å². The molecule has 126 valence electrons. The smallest absolute Gasteiger partial charge is 0.138 e. The van der Waals surface area contributed by atoms with E-state index in [4.69, 9.17) is 9.47 Å². The number of hydrogen-bond donors (Lipinski definition) is 4. The van der Waals surface area contributed by atoms with Crippen molar-refractivity contribution in [2.24, 2.45) is 0 Å². The highest BCUT2D eigenvalue weighted by Gasteiger charge is 2.38. The minimum absolute atomic E-state index is 0.127. The van der Waals surface area contributed by atoms with Crippen LogP contribution in [0.3, 0.4) is 0 Å². The van der Waals surface area contributed by atoms with E-state index in [2.05, 4.69) is 10.6 Å². The van der Waals surface area contributed by atoms with Gasteiger partial charge in [0, 0.05) is 24.2 Å². The number of aromatic hydroxyl groups is 2. The van der Waals surface area contributed by atoms with Crippen molar-refractivity contribution >= 4 is 0 Å². The van der Waals surface area contributed by atoms with Crippen LogP contribution < -0.4 is 10.6 Å². The zero-order valence-corrected chi connectivity index (χ0v) is 13.1. The van der Waals surface area contributed by atoms with Crippen LogP contribution in [0, 0.1) is 0 Å². The minimum atomic E-state index is -0.362. The Labute approximate surface area is 140 Å². The highest BCUT2D eigenvalue weighted by atomic mass is 16.6. The Morgan fingerprint density at radius 1 is 0.708 bits per heavy atom. The fourth-order valence-corrected chi connectivity index (χ4v) is 3.21. The molecule has 2 aromatic rings. The van der Waals surface area contributed by atoms with E-state index in [1.54, 1.807) is 24.3 Å². The van der Waals surface area contributed by atoms with Crippen molar-refractivity contribution in [2.75, 3.05) is 13.1 Å². The Balaban J connectivity index is 1.46. The molecule has 2 aliphatic rings. The molecule has 0 amide bonds. The minimum Gasteiger partial charge on any atom is -0.508 e. The molecule has 4 atom stereocenters. The van der Waals surface area contributed by atoms with Crippen LogP contribution in [-0.2, 0) is 9.47 Å². The molecule has 6 heteroatoms. The molecule has 0 unspecified atom stereocenters. The molecule has 4 rings (SSSR count). The molecule has 0 saturated carbocycles. The van der Waals surface area contributed by atoms with Gasteiger partial charge in [-0.1, -0.05) is 36.4 Å². The number of para-hydroxylation sites is 2. The number of phenols is 2. The van der Waals surface area contributed by atoms with Crippen molar-refractivity contribution < 1.29 is 19.7 Å². The molecule has 2 aliphatic heterocycles. The molecule has 24 heavy (non-hydrogen) atoms. The topological polar surface area (TPSA) is 83.0 Å². The van der Waals surface area contributed by atoms with Gasteiger partial charge in [0.2, 0.25) is 0 Å². The maximum absolute atomic E-state index is 9.99. The first kappa shape index (κ1) is 15.4. The lowest BCUT2D eigenvalue weighted by atomic mass is 10.1. The number of fused-ring (bicyclic) bond motifs is 1. The lowest BCUT2D eigenvalue weighted by Crippen LogP contribution is -2.57. The van der Waals surface area contributed by atoms with Crippen LogP contribution in [0.4, 0.5) is 0 Å². The van der Waals surface area contributed by atoms with Gasteiger partial charge in [0.25, 0.3) is 0 Å². The SMILES string of the molecule is Oc1ccccc1[C@@H]1NC[C@@H]2O[C@H](c3ccccc3O)NC[C@@H]2O1. The molecule has 0 radical (unpaired) electrons. The molecule has 2 saturated heterocycles. The van der Waals surface area contributed by atoms with Crippen molar-refractivity contribution in [3.8, 4) is 11.5 Å². The summed E-state index contributed by atoms with van der Waals surface area (Å²) in [7, 11) is 0. The van der Waals surface area contributed by atoms with Gasteiger partial charge in [-0.15, -0.1) is 0 Å². The number of phenolic OH excluding ortho intramolecular Hbond substituents is 2. The van der Waals surface area contributed by atoms with E-state index in [0.717, 1.165) is 11.1 Å².